The lowest BCUT2D eigenvalue weighted by Gasteiger charge is -2.29. The first-order valence-corrected chi connectivity index (χ1v) is 7.48. The fraction of sp³-hybridized carbons (Fsp3) is 0.625. The van der Waals surface area contributed by atoms with E-state index in [1.807, 2.05) is 12.1 Å². The lowest BCUT2D eigenvalue weighted by Crippen LogP contribution is -2.40. The molecule has 1 heterocycles. The first-order valence-electron chi connectivity index (χ1n) is 7.48. The minimum absolute atomic E-state index is 0.372. The molecule has 1 saturated heterocycles. The van der Waals surface area contributed by atoms with Gasteiger partial charge in [0, 0.05) is 25.2 Å². The normalized spacial score (nSPS) is 29.1. The van der Waals surface area contributed by atoms with Gasteiger partial charge in [-0.25, -0.2) is 0 Å². The van der Waals surface area contributed by atoms with Gasteiger partial charge in [0.15, 0.2) is 0 Å². The molecule has 1 aliphatic heterocycles. The van der Waals surface area contributed by atoms with Crippen molar-refractivity contribution in [2.75, 3.05) is 13.1 Å². The summed E-state index contributed by atoms with van der Waals surface area (Å²) in [5, 5.41) is 13.3. The molecule has 3 nitrogen and oxygen atoms in total. The second kappa shape index (κ2) is 5.51. The molecule has 104 valence electrons. The highest BCUT2D eigenvalue weighted by molar-refractivity contribution is 5.27. The molecule has 2 unspecified atom stereocenters. The molecule has 3 heteroatoms. The summed E-state index contributed by atoms with van der Waals surface area (Å²) in [4.78, 5) is 2.57. The molecule has 2 N–H and O–H groups in total. The summed E-state index contributed by atoms with van der Waals surface area (Å²) < 4.78 is 0. The molecule has 0 amide bonds. The number of phenolic OH excluding ortho intramolecular Hbond substituents is 1. The van der Waals surface area contributed by atoms with Gasteiger partial charge in [0.25, 0.3) is 0 Å². The summed E-state index contributed by atoms with van der Waals surface area (Å²) in [6.07, 6.45) is 4.00. The molecule has 2 aliphatic rings. The Labute approximate surface area is 115 Å². The van der Waals surface area contributed by atoms with E-state index in [-0.39, 0.29) is 0 Å². The Kier molecular flexibility index (Phi) is 3.76. The Morgan fingerprint density at radius 2 is 2.16 bits per heavy atom. The molecule has 0 aromatic heterocycles. The second-order valence-electron chi connectivity index (χ2n) is 6.14. The number of hydrogen-bond donors (Lipinski definition) is 2. The number of hydrogen-bond acceptors (Lipinski definition) is 3. The molecule has 3 rings (SSSR count). The number of aromatic hydroxyl groups is 1. The van der Waals surface area contributed by atoms with Crippen molar-refractivity contribution in [1.29, 1.82) is 0 Å². The van der Waals surface area contributed by atoms with Crippen LogP contribution >= 0.6 is 0 Å². The van der Waals surface area contributed by atoms with E-state index < -0.39 is 0 Å². The first-order chi connectivity index (χ1) is 9.22. The van der Waals surface area contributed by atoms with Crippen molar-refractivity contribution >= 4 is 0 Å². The van der Waals surface area contributed by atoms with E-state index in [0.717, 1.165) is 25.6 Å². The van der Waals surface area contributed by atoms with Gasteiger partial charge < -0.3 is 10.4 Å². The van der Waals surface area contributed by atoms with Gasteiger partial charge in [-0.2, -0.15) is 0 Å². The van der Waals surface area contributed by atoms with E-state index >= 15 is 0 Å². The smallest absolute Gasteiger partial charge is 0.115 e. The third-order valence-corrected chi connectivity index (χ3v) is 4.51. The summed E-state index contributed by atoms with van der Waals surface area (Å²) in [6.45, 7) is 5.54. The first kappa shape index (κ1) is 12.9. The van der Waals surface area contributed by atoms with Gasteiger partial charge in [-0.3, -0.25) is 4.90 Å². The summed E-state index contributed by atoms with van der Waals surface area (Å²) in [6, 6.07) is 8.95. The van der Waals surface area contributed by atoms with E-state index in [0.29, 0.717) is 17.8 Å². The van der Waals surface area contributed by atoms with Gasteiger partial charge in [0.2, 0.25) is 0 Å². The molecule has 1 aliphatic carbocycles. The van der Waals surface area contributed by atoms with Crippen LogP contribution < -0.4 is 5.32 Å². The van der Waals surface area contributed by atoms with Crippen LogP contribution in [0.3, 0.4) is 0 Å². The van der Waals surface area contributed by atoms with Crippen molar-refractivity contribution in [3.8, 4) is 5.75 Å². The van der Waals surface area contributed by atoms with Crippen LogP contribution in [0.4, 0.5) is 0 Å². The fourth-order valence-corrected chi connectivity index (χ4v) is 3.08. The largest absolute Gasteiger partial charge is 0.508 e. The average Bonchev–Trinajstić information content (AvgIpc) is 3.19. The number of nitrogens with one attached hydrogen (secondary N) is 1. The van der Waals surface area contributed by atoms with E-state index in [4.69, 9.17) is 0 Å². The Balaban J connectivity index is 1.69. The molecule has 2 atom stereocenters. The summed E-state index contributed by atoms with van der Waals surface area (Å²) in [5.41, 5.74) is 1.21. The SMILES string of the molecule is CC1CCNC(C2CC2)CN1Cc1cccc(O)c1. The molecule has 0 spiro atoms. The van der Waals surface area contributed by atoms with Crippen molar-refractivity contribution in [3.05, 3.63) is 29.8 Å². The van der Waals surface area contributed by atoms with Gasteiger partial charge in [0.05, 0.1) is 0 Å². The summed E-state index contributed by atoms with van der Waals surface area (Å²) in [7, 11) is 0. The van der Waals surface area contributed by atoms with Gasteiger partial charge in [-0.15, -0.1) is 0 Å². The van der Waals surface area contributed by atoms with E-state index in [2.05, 4.69) is 23.2 Å². The van der Waals surface area contributed by atoms with Crippen molar-refractivity contribution in [2.45, 2.75) is 44.8 Å². The molecular weight excluding hydrogens is 236 g/mol. The monoisotopic (exact) mass is 260 g/mol. The fourth-order valence-electron chi connectivity index (χ4n) is 3.08. The van der Waals surface area contributed by atoms with Gasteiger partial charge in [-0.1, -0.05) is 12.1 Å². The van der Waals surface area contributed by atoms with E-state index in [9.17, 15) is 5.11 Å². The highest BCUT2D eigenvalue weighted by Gasteiger charge is 2.34. The Hall–Kier alpha value is -1.06. The van der Waals surface area contributed by atoms with Crippen molar-refractivity contribution in [3.63, 3.8) is 0 Å². The van der Waals surface area contributed by atoms with Gasteiger partial charge in [0.1, 0.15) is 5.75 Å². The Bertz CT molecular complexity index is 431. The number of benzene rings is 1. The van der Waals surface area contributed by atoms with Crippen LogP contribution in [0, 0.1) is 5.92 Å². The minimum Gasteiger partial charge on any atom is -0.508 e. The number of nitrogens with zero attached hydrogens (tertiary/aromatic N) is 1. The zero-order valence-corrected chi connectivity index (χ0v) is 11.7. The predicted octanol–water partition coefficient (Wildman–Crippen LogP) is 2.35. The maximum absolute atomic E-state index is 9.58. The van der Waals surface area contributed by atoms with Crippen LogP contribution in [-0.4, -0.2) is 35.2 Å². The Morgan fingerprint density at radius 1 is 1.32 bits per heavy atom. The van der Waals surface area contributed by atoms with Crippen LogP contribution in [-0.2, 0) is 6.54 Å². The van der Waals surface area contributed by atoms with Crippen molar-refractivity contribution in [2.24, 2.45) is 5.92 Å². The Morgan fingerprint density at radius 3 is 2.89 bits per heavy atom. The van der Waals surface area contributed by atoms with E-state index in [1.54, 1.807) is 6.07 Å². The number of rotatable bonds is 3. The van der Waals surface area contributed by atoms with Crippen LogP contribution in [0.2, 0.25) is 0 Å². The van der Waals surface area contributed by atoms with Crippen LogP contribution in [0.15, 0.2) is 24.3 Å². The topological polar surface area (TPSA) is 35.5 Å². The molecule has 0 bridgehead atoms. The molecule has 1 aromatic carbocycles. The highest BCUT2D eigenvalue weighted by Crippen LogP contribution is 2.34. The molecule has 19 heavy (non-hydrogen) atoms. The predicted molar refractivity (Wildman–Crippen MR) is 77.1 cm³/mol. The third-order valence-electron chi connectivity index (χ3n) is 4.51. The van der Waals surface area contributed by atoms with E-state index in [1.165, 1.54) is 24.8 Å². The van der Waals surface area contributed by atoms with Crippen LogP contribution in [0.1, 0.15) is 31.7 Å². The zero-order valence-electron chi connectivity index (χ0n) is 11.7. The third kappa shape index (κ3) is 3.28. The van der Waals surface area contributed by atoms with Crippen LogP contribution in [0.5, 0.6) is 5.75 Å². The lowest BCUT2D eigenvalue weighted by molar-refractivity contribution is 0.190. The highest BCUT2D eigenvalue weighted by atomic mass is 16.3. The molecule has 1 aromatic rings. The second-order valence-corrected chi connectivity index (χ2v) is 6.14. The summed E-state index contributed by atoms with van der Waals surface area (Å²) >= 11 is 0. The molecule has 0 radical (unpaired) electrons. The molecular formula is C16H24N2O. The standard InChI is InChI=1S/C16H24N2O/c1-12-7-8-17-16(14-5-6-14)11-18(12)10-13-3-2-4-15(19)9-13/h2-4,9,12,14,16-17,19H,5-8,10-11H2,1H3. The molecule has 1 saturated carbocycles. The van der Waals surface area contributed by atoms with Gasteiger partial charge in [-0.05, 0) is 56.3 Å². The lowest BCUT2D eigenvalue weighted by atomic mass is 10.1. The van der Waals surface area contributed by atoms with Gasteiger partial charge >= 0.3 is 0 Å². The minimum atomic E-state index is 0.372. The maximum Gasteiger partial charge on any atom is 0.115 e. The van der Waals surface area contributed by atoms with Crippen LogP contribution in [0.25, 0.3) is 0 Å². The number of phenols is 1. The average molecular weight is 260 g/mol. The zero-order chi connectivity index (χ0) is 13.2. The molecule has 2 fully saturated rings. The summed E-state index contributed by atoms with van der Waals surface area (Å²) in [5.74, 6) is 1.27. The quantitative estimate of drug-likeness (QED) is 0.875. The van der Waals surface area contributed by atoms with Crippen molar-refractivity contribution < 1.29 is 5.11 Å². The van der Waals surface area contributed by atoms with Crippen molar-refractivity contribution in [1.82, 2.24) is 10.2 Å². The maximum atomic E-state index is 9.58.